The molecule has 0 heterocycles. The second kappa shape index (κ2) is 62.5. The molecule has 476 valence electrons. The van der Waals surface area contributed by atoms with Crippen LogP contribution in [0.1, 0.15) is 373 Å². The van der Waals surface area contributed by atoms with Crippen molar-refractivity contribution in [2.75, 3.05) is 40.9 Å². The summed E-state index contributed by atoms with van der Waals surface area (Å²) in [5.74, 6) is -0.179. The first-order valence-corrected chi connectivity index (χ1v) is 37.2. The van der Waals surface area contributed by atoms with Crippen molar-refractivity contribution in [2.24, 2.45) is 0 Å². The number of nitrogens with one attached hydrogen (secondary N) is 1. The standard InChI is InChI=1S/C71H141N2O6P/c1-6-8-10-12-14-16-18-20-22-24-25-26-27-28-29-30-31-32-33-34-35-36-37-38-39-40-41-42-43-44-45-46-47-49-51-53-55-57-59-61-63-65-71(75)72-69(68-79-80(76,77)78-67-66-73(3,4)5)70(74)64-62-60-58-56-54-52-50-48-23-21-19-17-15-13-11-9-7-2/h54,56,62,64,69-70,74H,6-53,55,57-61,63,65-68H2,1-5H3,(H-,72,75,76,77)/p+1/b56-54+,64-62+. The van der Waals surface area contributed by atoms with Crippen molar-refractivity contribution in [2.45, 2.75) is 386 Å². The van der Waals surface area contributed by atoms with Gasteiger partial charge in [0, 0.05) is 6.42 Å². The van der Waals surface area contributed by atoms with Crippen LogP contribution in [-0.2, 0) is 18.4 Å². The summed E-state index contributed by atoms with van der Waals surface area (Å²) in [5, 5.41) is 13.9. The molecule has 0 aromatic carbocycles. The first-order valence-electron chi connectivity index (χ1n) is 35.7. The van der Waals surface area contributed by atoms with E-state index in [1.807, 2.05) is 27.2 Å². The predicted octanol–water partition coefficient (Wildman–Crippen LogP) is 22.7. The molecule has 0 aromatic rings. The zero-order chi connectivity index (χ0) is 58.4. The number of nitrogens with zero attached hydrogens (tertiary/aromatic N) is 1. The summed E-state index contributed by atoms with van der Waals surface area (Å²) in [7, 11) is 1.57. The Labute approximate surface area is 500 Å². The smallest absolute Gasteiger partial charge is 0.387 e. The second-order valence-electron chi connectivity index (χ2n) is 26.0. The average molecular weight is 1150 g/mol. The van der Waals surface area contributed by atoms with Gasteiger partial charge in [0.15, 0.2) is 0 Å². The van der Waals surface area contributed by atoms with E-state index in [-0.39, 0.29) is 19.1 Å². The number of unbranched alkanes of at least 4 members (excludes halogenated alkanes) is 52. The van der Waals surface area contributed by atoms with Gasteiger partial charge in [0.05, 0.1) is 39.9 Å². The summed E-state index contributed by atoms with van der Waals surface area (Å²) in [4.78, 5) is 23.4. The second-order valence-corrected chi connectivity index (χ2v) is 27.4. The van der Waals surface area contributed by atoms with E-state index in [0.29, 0.717) is 17.4 Å². The van der Waals surface area contributed by atoms with Gasteiger partial charge in [0.25, 0.3) is 0 Å². The van der Waals surface area contributed by atoms with Crippen LogP contribution in [0.5, 0.6) is 0 Å². The van der Waals surface area contributed by atoms with E-state index in [1.165, 1.54) is 315 Å². The summed E-state index contributed by atoms with van der Waals surface area (Å²) >= 11 is 0. The largest absolute Gasteiger partial charge is 0.472 e. The van der Waals surface area contributed by atoms with Crippen LogP contribution in [0.15, 0.2) is 24.3 Å². The van der Waals surface area contributed by atoms with E-state index in [1.54, 1.807) is 6.08 Å². The lowest BCUT2D eigenvalue weighted by Gasteiger charge is -2.25. The molecule has 0 spiro atoms. The summed E-state index contributed by atoms with van der Waals surface area (Å²) in [5.41, 5.74) is 0. The SMILES string of the molecule is CCCCCCCCCCCCC/C=C/CC/C=C/C(O)C(COP(=O)(O)OCC[N+](C)(C)C)NC(=O)CCCCCCCCCCCCCCCCCCCCCCCCCCCCCCCCCCCCCCCCCCC. The lowest BCUT2D eigenvalue weighted by molar-refractivity contribution is -0.870. The quantitative estimate of drug-likeness (QED) is 0.0243. The molecule has 0 fully saturated rings. The molecule has 3 atom stereocenters. The minimum absolute atomic E-state index is 0.0589. The maximum absolute atomic E-state index is 13.0. The molecule has 9 heteroatoms. The number of hydrogen-bond acceptors (Lipinski definition) is 5. The Balaban J connectivity index is 3.86. The fraction of sp³-hybridized carbons (Fsp3) is 0.930. The van der Waals surface area contributed by atoms with Gasteiger partial charge in [0.2, 0.25) is 5.91 Å². The third-order valence-corrected chi connectivity index (χ3v) is 17.7. The molecule has 1 amide bonds. The Hall–Kier alpha value is -1.02. The molecule has 0 radical (unpaired) electrons. The van der Waals surface area contributed by atoms with Crippen molar-refractivity contribution in [3.63, 3.8) is 0 Å². The molecular weight excluding hydrogens is 1010 g/mol. The Morgan fingerprint density at radius 1 is 0.412 bits per heavy atom. The van der Waals surface area contributed by atoms with Gasteiger partial charge >= 0.3 is 7.82 Å². The number of likely N-dealkylation sites (N-methyl/N-ethyl adjacent to an activating group) is 1. The Morgan fingerprint density at radius 3 is 1.00 bits per heavy atom. The fourth-order valence-electron chi connectivity index (χ4n) is 11.1. The monoisotopic (exact) mass is 1150 g/mol. The number of aliphatic hydroxyl groups is 1. The molecule has 0 bridgehead atoms. The zero-order valence-corrected chi connectivity index (χ0v) is 55.5. The van der Waals surface area contributed by atoms with E-state index in [0.717, 1.165) is 38.5 Å². The van der Waals surface area contributed by atoms with E-state index in [2.05, 4.69) is 31.3 Å². The number of amides is 1. The molecular formula is C71H142N2O6P+. The molecule has 0 saturated heterocycles. The van der Waals surface area contributed by atoms with E-state index < -0.39 is 20.0 Å². The molecule has 8 nitrogen and oxygen atoms in total. The molecule has 3 N–H and O–H groups in total. The summed E-state index contributed by atoms with van der Waals surface area (Å²) < 4.78 is 23.7. The third-order valence-electron chi connectivity index (χ3n) is 16.7. The number of aliphatic hydroxyl groups excluding tert-OH is 1. The van der Waals surface area contributed by atoms with Gasteiger partial charge in [-0.05, 0) is 32.1 Å². The highest BCUT2D eigenvalue weighted by Gasteiger charge is 2.28. The van der Waals surface area contributed by atoms with Crippen LogP contribution in [0.25, 0.3) is 0 Å². The van der Waals surface area contributed by atoms with Gasteiger partial charge in [-0.25, -0.2) is 4.57 Å². The number of carbonyl (C=O) groups excluding carboxylic acids is 1. The first kappa shape index (κ1) is 79.0. The highest BCUT2D eigenvalue weighted by molar-refractivity contribution is 7.47. The number of rotatable bonds is 67. The van der Waals surface area contributed by atoms with Crippen LogP contribution < -0.4 is 5.32 Å². The molecule has 80 heavy (non-hydrogen) atoms. The van der Waals surface area contributed by atoms with Gasteiger partial charge in [-0.1, -0.05) is 359 Å². The minimum atomic E-state index is -4.35. The number of quaternary nitrogens is 1. The van der Waals surface area contributed by atoms with Crippen molar-refractivity contribution in [3.05, 3.63) is 24.3 Å². The van der Waals surface area contributed by atoms with Gasteiger partial charge in [0.1, 0.15) is 13.2 Å². The normalized spacial score (nSPS) is 13.7. The van der Waals surface area contributed by atoms with Gasteiger partial charge in [-0.15, -0.1) is 0 Å². The highest BCUT2D eigenvalue weighted by Crippen LogP contribution is 2.43. The highest BCUT2D eigenvalue weighted by atomic mass is 31.2. The lowest BCUT2D eigenvalue weighted by atomic mass is 10.0. The van der Waals surface area contributed by atoms with E-state index >= 15 is 0 Å². The average Bonchev–Trinajstić information content (AvgIpc) is 3.43. The van der Waals surface area contributed by atoms with E-state index in [4.69, 9.17) is 9.05 Å². The topological polar surface area (TPSA) is 105 Å². The van der Waals surface area contributed by atoms with Crippen LogP contribution >= 0.6 is 7.82 Å². The number of carbonyl (C=O) groups is 1. The third kappa shape index (κ3) is 64.5. The number of phosphoric acid groups is 1. The van der Waals surface area contributed by atoms with Crippen molar-refractivity contribution in [1.29, 1.82) is 0 Å². The molecule has 0 aliphatic heterocycles. The summed E-state index contributed by atoms with van der Waals surface area (Å²) in [6.07, 6.45) is 82.2. The van der Waals surface area contributed by atoms with Crippen LogP contribution in [0.2, 0.25) is 0 Å². The molecule has 3 unspecified atom stereocenters. The molecule has 0 rings (SSSR count). The number of hydrogen-bond donors (Lipinski definition) is 3. The zero-order valence-electron chi connectivity index (χ0n) is 54.6. The molecule has 0 saturated carbocycles. The lowest BCUT2D eigenvalue weighted by Crippen LogP contribution is -2.45. The number of phosphoric ester groups is 1. The van der Waals surface area contributed by atoms with Crippen LogP contribution in [0, 0.1) is 0 Å². The van der Waals surface area contributed by atoms with Crippen molar-refractivity contribution in [1.82, 2.24) is 5.32 Å². The maximum atomic E-state index is 13.0. The Morgan fingerprint density at radius 2 is 0.688 bits per heavy atom. The fourth-order valence-corrected chi connectivity index (χ4v) is 11.9. The maximum Gasteiger partial charge on any atom is 0.472 e. The van der Waals surface area contributed by atoms with E-state index in [9.17, 15) is 19.4 Å². The van der Waals surface area contributed by atoms with Crippen molar-refractivity contribution in [3.8, 4) is 0 Å². The van der Waals surface area contributed by atoms with Crippen LogP contribution in [0.3, 0.4) is 0 Å². The first-order chi connectivity index (χ1) is 39.0. The molecule has 0 aliphatic rings. The van der Waals surface area contributed by atoms with Gasteiger partial charge in [-0.2, -0.15) is 0 Å². The summed E-state index contributed by atoms with van der Waals surface area (Å²) in [6.45, 7) is 4.85. The Bertz CT molecular complexity index is 1350. The van der Waals surface area contributed by atoms with Gasteiger partial charge < -0.3 is 19.8 Å². The van der Waals surface area contributed by atoms with Gasteiger partial charge in [-0.3, -0.25) is 13.8 Å². The van der Waals surface area contributed by atoms with Crippen molar-refractivity contribution < 1.29 is 32.9 Å². The molecule has 0 aliphatic carbocycles. The van der Waals surface area contributed by atoms with Crippen LogP contribution in [-0.4, -0.2) is 73.4 Å². The van der Waals surface area contributed by atoms with Crippen molar-refractivity contribution >= 4 is 13.7 Å². The number of allylic oxidation sites excluding steroid dienone is 3. The Kier molecular flexibility index (Phi) is 61.7. The summed E-state index contributed by atoms with van der Waals surface area (Å²) in [6, 6.07) is -0.861. The molecule has 0 aromatic heterocycles. The van der Waals surface area contributed by atoms with Crippen LogP contribution in [0.4, 0.5) is 0 Å². The predicted molar refractivity (Wildman–Crippen MR) is 351 cm³/mol. The minimum Gasteiger partial charge on any atom is -0.387 e.